The molecule has 5 rings (SSSR count). The van der Waals surface area contributed by atoms with E-state index in [-0.39, 0.29) is 17.8 Å². The third-order valence-corrected chi connectivity index (χ3v) is 6.98. The molecule has 0 radical (unpaired) electrons. The number of halogens is 1. The van der Waals surface area contributed by atoms with Crippen LogP contribution in [0, 0.1) is 5.82 Å². The largest absolute Gasteiger partial charge is 0.338 e. The van der Waals surface area contributed by atoms with Gasteiger partial charge in [0.1, 0.15) is 11.6 Å². The van der Waals surface area contributed by atoms with Crippen molar-refractivity contribution in [2.24, 2.45) is 0 Å². The Kier molecular flexibility index (Phi) is 4.93. The van der Waals surface area contributed by atoms with E-state index in [0.29, 0.717) is 29.2 Å². The van der Waals surface area contributed by atoms with Gasteiger partial charge < -0.3 is 10.3 Å². The molecule has 1 aromatic heterocycles. The molecule has 9 heteroatoms. The van der Waals surface area contributed by atoms with E-state index < -0.39 is 10.0 Å². The molecule has 1 aliphatic heterocycles. The summed E-state index contributed by atoms with van der Waals surface area (Å²) in [4.78, 5) is 20.6. The number of carbonyl (C=O) groups is 1. The van der Waals surface area contributed by atoms with Crippen LogP contribution in [0.25, 0.3) is 22.4 Å². The summed E-state index contributed by atoms with van der Waals surface area (Å²) in [5, 5.41) is 2.88. The molecule has 1 atom stereocenters. The molecule has 3 aromatic carbocycles. The normalized spacial score (nSPS) is 15.6. The lowest BCUT2D eigenvalue weighted by Crippen LogP contribution is -2.34. The summed E-state index contributed by atoms with van der Waals surface area (Å²) in [6.45, 7) is 1.85. The van der Waals surface area contributed by atoms with E-state index in [9.17, 15) is 17.6 Å². The van der Waals surface area contributed by atoms with Crippen molar-refractivity contribution in [2.45, 2.75) is 19.4 Å². The molecule has 2 N–H and O–H groups in total. The first-order valence-corrected chi connectivity index (χ1v) is 12.2. The molecule has 0 aliphatic carbocycles. The third kappa shape index (κ3) is 3.95. The fourth-order valence-corrected chi connectivity index (χ4v) is 5.55. The highest BCUT2D eigenvalue weighted by Gasteiger charge is 2.32. The maximum absolute atomic E-state index is 13.2. The SMILES string of the molecule is C[C@@H]1Cc2cc(C(=O)Nc3ccc4nc(-c5ccc(F)cc5)[nH]c4c3)ccc2N1S(C)(=O)=O. The van der Waals surface area contributed by atoms with Crippen molar-refractivity contribution in [3.8, 4) is 11.4 Å². The van der Waals surface area contributed by atoms with Gasteiger partial charge in [-0.15, -0.1) is 0 Å². The van der Waals surface area contributed by atoms with E-state index in [1.165, 1.54) is 22.7 Å². The number of imidazole rings is 1. The van der Waals surface area contributed by atoms with Crippen LogP contribution in [-0.2, 0) is 16.4 Å². The molecule has 4 aromatic rings. The number of rotatable bonds is 4. The molecule has 1 aliphatic rings. The van der Waals surface area contributed by atoms with Crippen LogP contribution < -0.4 is 9.62 Å². The molecule has 0 unspecified atom stereocenters. The third-order valence-electron chi connectivity index (χ3n) is 5.71. The van der Waals surface area contributed by atoms with Crippen LogP contribution in [0.3, 0.4) is 0 Å². The predicted molar refractivity (Wildman–Crippen MR) is 126 cm³/mol. The summed E-state index contributed by atoms with van der Waals surface area (Å²) in [7, 11) is -3.38. The van der Waals surface area contributed by atoms with Gasteiger partial charge in [-0.2, -0.15) is 0 Å². The van der Waals surface area contributed by atoms with Crippen LogP contribution in [0.15, 0.2) is 60.7 Å². The Balaban J connectivity index is 1.38. The molecule has 1 amide bonds. The second kappa shape index (κ2) is 7.70. The monoisotopic (exact) mass is 464 g/mol. The second-order valence-electron chi connectivity index (χ2n) is 8.23. The fourth-order valence-electron chi connectivity index (χ4n) is 4.28. The number of benzene rings is 3. The molecule has 168 valence electrons. The first-order chi connectivity index (χ1) is 15.7. The van der Waals surface area contributed by atoms with Gasteiger partial charge in [-0.3, -0.25) is 9.10 Å². The second-order valence-corrected chi connectivity index (χ2v) is 10.1. The number of aromatic nitrogens is 2. The predicted octanol–water partition coefficient (Wildman–Crippen LogP) is 4.33. The van der Waals surface area contributed by atoms with Crippen molar-refractivity contribution in [3.05, 3.63) is 77.6 Å². The Morgan fingerprint density at radius 1 is 1.12 bits per heavy atom. The van der Waals surface area contributed by atoms with Crippen LogP contribution >= 0.6 is 0 Å². The molecule has 7 nitrogen and oxygen atoms in total. The number of H-pyrrole nitrogens is 1. The van der Waals surface area contributed by atoms with Crippen LogP contribution in [0.1, 0.15) is 22.8 Å². The number of nitrogens with zero attached hydrogens (tertiary/aromatic N) is 2. The molecule has 33 heavy (non-hydrogen) atoms. The molecule has 0 saturated carbocycles. The molecular formula is C24H21FN4O3S. The summed E-state index contributed by atoms with van der Waals surface area (Å²) in [5.41, 5.74) is 4.70. The van der Waals surface area contributed by atoms with E-state index in [4.69, 9.17) is 0 Å². The number of nitrogens with one attached hydrogen (secondary N) is 2. The number of fused-ring (bicyclic) bond motifs is 2. The van der Waals surface area contributed by atoms with E-state index in [1.54, 1.807) is 48.5 Å². The summed E-state index contributed by atoms with van der Waals surface area (Å²) in [5.74, 6) is 0.00225. The van der Waals surface area contributed by atoms with E-state index >= 15 is 0 Å². The van der Waals surface area contributed by atoms with E-state index in [2.05, 4.69) is 15.3 Å². The van der Waals surface area contributed by atoms with Crippen molar-refractivity contribution >= 4 is 38.3 Å². The maximum atomic E-state index is 13.2. The van der Waals surface area contributed by atoms with Crippen molar-refractivity contribution < 1.29 is 17.6 Å². The zero-order valence-electron chi connectivity index (χ0n) is 18.0. The zero-order chi connectivity index (χ0) is 23.3. The van der Waals surface area contributed by atoms with Gasteiger partial charge in [0.15, 0.2) is 0 Å². The van der Waals surface area contributed by atoms with Crippen LogP contribution in [-0.4, -0.2) is 36.6 Å². The smallest absolute Gasteiger partial charge is 0.255 e. The summed E-state index contributed by atoms with van der Waals surface area (Å²) in [6.07, 6.45) is 1.74. The molecular weight excluding hydrogens is 443 g/mol. The molecule has 2 heterocycles. The summed E-state index contributed by atoms with van der Waals surface area (Å²) >= 11 is 0. The average molecular weight is 465 g/mol. The van der Waals surface area contributed by atoms with Crippen molar-refractivity contribution in [1.29, 1.82) is 0 Å². The minimum atomic E-state index is -3.38. The van der Waals surface area contributed by atoms with Gasteiger partial charge in [0.2, 0.25) is 10.0 Å². The maximum Gasteiger partial charge on any atom is 0.255 e. The van der Waals surface area contributed by atoms with Crippen LogP contribution in [0.5, 0.6) is 0 Å². The Labute approximate surface area is 190 Å². The minimum absolute atomic E-state index is 0.189. The number of hydrogen-bond donors (Lipinski definition) is 2. The number of carbonyl (C=O) groups excluding carboxylic acids is 1. The highest BCUT2D eigenvalue weighted by molar-refractivity contribution is 7.92. The van der Waals surface area contributed by atoms with Crippen molar-refractivity contribution in [2.75, 3.05) is 15.9 Å². The van der Waals surface area contributed by atoms with Gasteiger partial charge >= 0.3 is 0 Å². The number of anilines is 2. The Morgan fingerprint density at radius 2 is 1.88 bits per heavy atom. The lowest BCUT2D eigenvalue weighted by atomic mass is 10.1. The molecule has 0 bridgehead atoms. The van der Waals surface area contributed by atoms with Gasteiger partial charge in [0.05, 0.1) is 23.0 Å². The lowest BCUT2D eigenvalue weighted by molar-refractivity contribution is 0.102. The first-order valence-electron chi connectivity index (χ1n) is 10.4. The van der Waals surface area contributed by atoms with Crippen LogP contribution in [0.2, 0.25) is 0 Å². The summed E-state index contributed by atoms with van der Waals surface area (Å²) < 4.78 is 38.8. The highest BCUT2D eigenvalue weighted by atomic mass is 32.2. The van der Waals surface area contributed by atoms with Gasteiger partial charge in [-0.25, -0.2) is 17.8 Å². The summed E-state index contributed by atoms with van der Waals surface area (Å²) in [6, 6.07) is 16.3. The molecule has 0 saturated heterocycles. The molecule has 0 spiro atoms. The topological polar surface area (TPSA) is 95.2 Å². The Morgan fingerprint density at radius 3 is 2.61 bits per heavy atom. The van der Waals surface area contributed by atoms with Gasteiger partial charge in [0, 0.05) is 22.9 Å². The zero-order valence-corrected chi connectivity index (χ0v) is 18.8. The van der Waals surface area contributed by atoms with Gasteiger partial charge in [-0.1, -0.05) is 0 Å². The number of amides is 1. The Hall–Kier alpha value is -3.72. The first kappa shape index (κ1) is 21.1. The Bertz CT molecular complexity index is 1500. The standard InChI is InChI=1S/C24H21FN4O3S/c1-14-11-17-12-16(5-10-22(17)29(14)33(2,31)32)24(30)26-19-8-9-20-21(13-19)28-23(27-20)15-3-6-18(25)7-4-15/h3-10,12-14H,11H2,1-2H3,(H,26,30)(H,27,28)/t14-/m1/s1. The number of hydrogen-bond acceptors (Lipinski definition) is 4. The fraction of sp³-hybridized carbons (Fsp3) is 0.167. The average Bonchev–Trinajstić information content (AvgIpc) is 3.33. The van der Waals surface area contributed by atoms with Gasteiger partial charge in [0.25, 0.3) is 5.91 Å². The quantitative estimate of drug-likeness (QED) is 0.470. The number of sulfonamides is 1. The highest BCUT2D eigenvalue weighted by Crippen LogP contribution is 2.35. The van der Waals surface area contributed by atoms with Gasteiger partial charge in [-0.05, 0) is 79.6 Å². The van der Waals surface area contributed by atoms with Crippen molar-refractivity contribution in [3.63, 3.8) is 0 Å². The van der Waals surface area contributed by atoms with E-state index in [0.717, 1.165) is 22.2 Å². The van der Waals surface area contributed by atoms with Crippen molar-refractivity contribution in [1.82, 2.24) is 9.97 Å². The number of aromatic amines is 1. The minimum Gasteiger partial charge on any atom is -0.338 e. The van der Waals surface area contributed by atoms with E-state index in [1.807, 2.05) is 6.92 Å². The lowest BCUT2D eigenvalue weighted by Gasteiger charge is -2.21. The molecule has 0 fully saturated rings. The van der Waals surface area contributed by atoms with Crippen LogP contribution in [0.4, 0.5) is 15.8 Å².